The first-order valence-electron chi connectivity index (χ1n) is 3.60. The van der Waals surface area contributed by atoms with Crippen molar-refractivity contribution in [2.75, 3.05) is 0 Å². The molecule has 2 heterocycles. The first-order valence-corrected chi connectivity index (χ1v) is 5.76. The number of aromatic nitrogens is 8. The lowest BCUT2D eigenvalue weighted by Gasteiger charge is -2.00. The van der Waals surface area contributed by atoms with Crippen molar-refractivity contribution in [3.63, 3.8) is 0 Å². The van der Waals surface area contributed by atoms with Crippen molar-refractivity contribution >= 4 is 45.2 Å². The summed E-state index contributed by atoms with van der Waals surface area (Å²) in [5.41, 5.74) is 0. The minimum absolute atomic E-state index is 0.659. The zero-order valence-corrected chi connectivity index (χ0v) is 11.1. The molecule has 0 saturated carbocycles. The highest BCUT2D eigenvalue weighted by Crippen LogP contribution is 2.00. The first kappa shape index (κ1) is 10.1. The Morgan fingerprint density at radius 3 is 1.57 bits per heavy atom. The fourth-order valence-corrected chi connectivity index (χ4v) is 1.72. The summed E-state index contributed by atoms with van der Waals surface area (Å²) in [5, 5.41) is 22.2. The molecule has 0 amide bonds. The normalized spacial score (nSPS) is 10.7. The molecule has 2 rings (SSSR count). The van der Waals surface area contributed by atoms with Crippen LogP contribution < -0.4 is 0 Å². The van der Waals surface area contributed by atoms with Crippen molar-refractivity contribution in [1.29, 1.82) is 0 Å². The number of halogens is 2. The lowest BCUT2D eigenvalue weighted by atomic mass is 10.6. The van der Waals surface area contributed by atoms with Gasteiger partial charge in [-0.2, -0.15) is 0 Å². The zero-order chi connectivity index (χ0) is 9.97. The first-order chi connectivity index (χ1) is 6.77. The third kappa shape index (κ3) is 2.15. The maximum Gasteiger partial charge on any atom is 0.212 e. The predicted molar refractivity (Wildman–Crippen MR) is 61.1 cm³/mol. The van der Waals surface area contributed by atoms with E-state index >= 15 is 0 Å². The quantitative estimate of drug-likeness (QED) is 0.630. The molecule has 0 atom stereocenters. The molecule has 0 unspecified atom stereocenters. The van der Waals surface area contributed by atoms with Crippen LogP contribution in [0, 0.1) is 7.66 Å². The van der Waals surface area contributed by atoms with E-state index in [1.807, 2.05) is 0 Å². The van der Waals surface area contributed by atoms with Crippen LogP contribution in [0.5, 0.6) is 0 Å². The van der Waals surface area contributed by atoms with Crippen molar-refractivity contribution in [3.05, 3.63) is 7.66 Å². The number of rotatable bonds is 3. The van der Waals surface area contributed by atoms with E-state index in [4.69, 9.17) is 0 Å². The molecule has 0 aliphatic rings. The standard InChI is InChI=1S/C4H4I2N8/c5-3-7-9-11-13(3)1-2-14-4(6)8-10-12-14/h1-2H2. The summed E-state index contributed by atoms with van der Waals surface area (Å²) >= 11 is 4.14. The van der Waals surface area contributed by atoms with Gasteiger partial charge in [-0.15, -0.1) is 10.2 Å². The van der Waals surface area contributed by atoms with Gasteiger partial charge in [-0.25, -0.2) is 9.36 Å². The Hall–Kier alpha value is -0.400. The summed E-state index contributed by atoms with van der Waals surface area (Å²) in [7, 11) is 0. The van der Waals surface area contributed by atoms with E-state index in [0.29, 0.717) is 13.1 Å². The number of nitrogens with zero attached hydrogens (tertiary/aromatic N) is 8. The van der Waals surface area contributed by atoms with Crippen molar-refractivity contribution in [2.24, 2.45) is 0 Å². The molecular weight excluding hydrogens is 414 g/mol. The van der Waals surface area contributed by atoms with Crippen molar-refractivity contribution in [2.45, 2.75) is 13.1 Å². The van der Waals surface area contributed by atoms with E-state index in [0.717, 1.165) is 7.66 Å². The summed E-state index contributed by atoms with van der Waals surface area (Å²) in [4.78, 5) is 0. The molecule has 0 N–H and O–H groups in total. The van der Waals surface area contributed by atoms with Crippen LogP contribution in [0.1, 0.15) is 0 Å². The number of tetrazole rings is 2. The molecular formula is C4H4I2N8. The van der Waals surface area contributed by atoms with Gasteiger partial charge in [0.05, 0.1) is 13.1 Å². The van der Waals surface area contributed by atoms with Crippen LogP contribution in [0.25, 0.3) is 0 Å². The zero-order valence-electron chi connectivity index (χ0n) is 6.75. The van der Waals surface area contributed by atoms with Gasteiger partial charge in [0.15, 0.2) is 0 Å². The highest BCUT2D eigenvalue weighted by atomic mass is 127. The molecule has 0 bridgehead atoms. The molecule has 0 aliphatic heterocycles. The molecule has 0 spiro atoms. The maximum atomic E-state index is 3.81. The van der Waals surface area contributed by atoms with Crippen molar-refractivity contribution in [3.8, 4) is 0 Å². The topological polar surface area (TPSA) is 87.2 Å². The Bertz CT molecular complexity index is 380. The van der Waals surface area contributed by atoms with Crippen LogP contribution in [0.3, 0.4) is 0 Å². The molecule has 14 heavy (non-hydrogen) atoms. The number of hydrogen-bond acceptors (Lipinski definition) is 6. The fourth-order valence-electron chi connectivity index (χ4n) is 0.851. The third-order valence-corrected chi connectivity index (χ3v) is 3.05. The second-order valence-electron chi connectivity index (χ2n) is 2.34. The average Bonchev–Trinajstić information content (AvgIpc) is 2.72. The van der Waals surface area contributed by atoms with Crippen LogP contribution >= 0.6 is 45.2 Å². The van der Waals surface area contributed by atoms with Crippen molar-refractivity contribution in [1.82, 2.24) is 40.4 Å². The van der Waals surface area contributed by atoms with E-state index in [1.54, 1.807) is 9.36 Å². The smallest absolute Gasteiger partial charge is 0.212 e. The van der Waals surface area contributed by atoms with Crippen LogP contribution in [-0.4, -0.2) is 40.4 Å². The second-order valence-corrected chi connectivity index (χ2v) is 4.27. The summed E-state index contributed by atoms with van der Waals surface area (Å²) in [6, 6.07) is 0. The minimum atomic E-state index is 0.659. The second kappa shape index (κ2) is 4.41. The van der Waals surface area contributed by atoms with E-state index in [2.05, 4.69) is 76.2 Å². The largest absolute Gasteiger partial charge is 0.219 e. The van der Waals surface area contributed by atoms with Crippen molar-refractivity contribution < 1.29 is 0 Å². The minimum Gasteiger partial charge on any atom is -0.219 e. The summed E-state index contributed by atoms with van der Waals surface area (Å²) in [6.45, 7) is 1.32. The van der Waals surface area contributed by atoms with E-state index in [1.165, 1.54) is 0 Å². The van der Waals surface area contributed by atoms with Gasteiger partial charge in [-0.3, -0.25) is 0 Å². The fraction of sp³-hybridized carbons (Fsp3) is 0.500. The van der Waals surface area contributed by atoms with E-state index in [9.17, 15) is 0 Å². The molecule has 10 heteroatoms. The Morgan fingerprint density at radius 2 is 1.29 bits per heavy atom. The van der Waals surface area contributed by atoms with Crippen LogP contribution in [0.2, 0.25) is 0 Å². The van der Waals surface area contributed by atoms with Gasteiger partial charge in [0.2, 0.25) is 7.66 Å². The number of hydrogen-bond donors (Lipinski definition) is 0. The van der Waals surface area contributed by atoms with Gasteiger partial charge >= 0.3 is 0 Å². The van der Waals surface area contributed by atoms with Crippen LogP contribution in [0.15, 0.2) is 0 Å². The molecule has 0 aromatic carbocycles. The van der Waals surface area contributed by atoms with E-state index < -0.39 is 0 Å². The summed E-state index contributed by atoms with van der Waals surface area (Å²) < 4.78 is 4.90. The molecule has 0 radical (unpaired) electrons. The lowest BCUT2D eigenvalue weighted by Crippen LogP contribution is -2.12. The van der Waals surface area contributed by atoms with E-state index in [-0.39, 0.29) is 0 Å². The van der Waals surface area contributed by atoms with Gasteiger partial charge in [0, 0.05) is 45.2 Å². The van der Waals surface area contributed by atoms with Gasteiger partial charge in [-0.1, -0.05) is 0 Å². The summed E-state index contributed by atoms with van der Waals surface area (Å²) in [5.74, 6) is 0. The Labute approximate surface area is 106 Å². The number of aryl methyl sites for hydroxylation is 2. The van der Waals surface area contributed by atoms with Gasteiger partial charge < -0.3 is 0 Å². The Kier molecular flexibility index (Phi) is 3.19. The van der Waals surface area contributed by atoms with Crippen LogP contribution in [0.4, 0.5) is 0 Å². The molecule has 2 aromatic heterocycles. The van der Waals surface area contributed by atoms with Crippen LogP contribution in [-0.2, 0) is 13.1 Å². The molecule has 0 fully saturated rings. The monoisotopic (exact) mass is 418 g/mol. The molecule has 0 aliphatic carbocycles. The lowest BCUT2D eigenvalue weighted by molar-refractivity contribution is 0.469. The summed E-state index contributed by atoms with van der Waals surface area (Å²) in [6.07, 6.45) is 0. The van der Waals surface area contributed by atoms with Gasteiger partial charge in [0.25, 0.3) is 0 Å². The molecule has 74 valence electrons. The predicted octanol–water partition coefficient (Wildman–Crippen LogP) is -0.431. The van der Waals surface area contributed by atoms with Gasteiger partial charge in [-0.05, 0) is 20.9 Å². The highest BCUT2D eigenvalue weighted by Gasteiger charge is 2.04. The highest BCUT2D eigenvalue weighted by molar-refractivity contribution is 14.1. The maximum absolute atomic E-state index is 3.81. The molecule has 8 nitrogen and oxygen atoms in total. The molecule has 0 saturated heterocycles. The molecule has 2 aromatic rings. The third-order valence-electron chi connectivity index (χ3n) is 1.50. The van der Waals surface area contributed by atoms with Gasteiger partial charge in [0.1, 0.15) is 0 Å². The Morgan fingerprint density at radius 1 is 0.857 bits per heavy atom. The average molecular weight is 418 g/mol. The SMILES string of the molecule is Ic1nnnn1CCn1nnnc1I. The Balaban J connectivity index is 2.02.